The Labute approximate surface area is 136 Å². The molecule has 2 aromatic heterocycles. The lowest BCUT2D eigenvalue weighted by atomic mass is 9.90. The van der Waals surface area contributed by atoms with Gasteiger partial charge in [0, 0.05) is 23.7 Å². The van der Waals surface area contributed by atoms with Gasteiger partial charge >= 0.3 is 6.18 Å². The van der Waals surface area contributed by atoms with Gasteiger partial charge in [0.2, 0.25) is 0 Å². The monoisotopic (exact) mass is 334 g/mol. The molecule has 0 bridgehead atoms. The summed E-state index contributed by atoms with van der Waals surface area (Å²) >= 11 is 0. The summed E-state index contributed by atoms with van der Waals surface area (Å²) in [5.74, 6) is 0.317. The number of allylic oxidation sites excluding steroid dienone is 3. The maximum Gasteiger partial charge on any atom is 0.434 e. The highest BCUT2D eigenvalue weighted by atomic mass is 19.4. The van der Waals surface area contributed by atoms with E-state index in [0.29, 0.717) is 18.0 Å². The number of halogens is 3. The number of hydrogen-bond donors (Lipinski definition) is 1. The normalized spacial score (nSPS) is 21.8. The van der Waals surface area contributed by atoms with Crippen LogP contribution in [0.15, 0.2) is 35.8 Å². The standard InChI is InChI=1S/C17H17F3N4/c1-9-6-11(4-5-12(9)21)16-15(10-2-3-10)23-14-7-22-13(8-24(14)16)17(18,19)20/h5-8,10-11H,2-4,21H2,1H3. The molecule has 126 valence electrons. The molecular weight excluding hydrogens is 317 g/mol. The molecular formula is C17H17F3N4. The molecule has 2 aliphatic carbocycles. The first-order valence-electron chi connectivity index (χ1n) is 7.94. The van der Waals surface area contributed by atoms with Crippen LogP contribution in [0.3, 0.4) is 0 Å². The Morgan fingerprint density at radius 2 is 2.04 bits per heavy atom. The van der Waals surface area contributed by atoms with Crippen LogP contribution >= 0.6 is 0 Å². The zero-order valence-electron chi connectivity index (χ0n) is 13.1. The summed E-state index contributed by atoms with van der Waals surface area (Å²) in [6.07, 6.45) is 4.49. The lowest BCUT2D eigenvalue weighted by molar-refractivity contribution is -0.141. The summed E-state index contributed by atoms with van der Waals surface area (Å²) in [6.45, 7) is 1.92. The van der Waals surface area contributed by atoms with Crippen LogP contribution in [-0.2, 0) is 6.18 Å². The summed E-state index contributed by atoms with van der Waals surface area (Å²) in [4.78, 5) is 8.10. The molecule has 0 radical (unpaired) electrons. The van der Waals surface area contributed by atoms with Crippen molar-refractivity contribution in [2.24, 2.45) is 5.73 Å². The summed E-state index contributed by atoms with van der Waals surface area (Å²) < 4.78 is 40.7. The van der Waals surface area contributed by atoms with Crippen LogP contribution in [0.25, 0.3) is 5.65 Å². The average molecular weight is 334 g/mol. The highest BCUT2D eigenvalue weighted by molar-refractivity contribution is 5.48. The molecule has 0 saturated heterocycles. The highest BCUT2D eigenvalue weighted by Gasteiger charge is 2.36. The molecule has 1 fully saturated rings. The fraction of sp³-hybridized carbons (Fsp3) is 0.412. The van der Waals surface area contributed by atoms with E-state index in [9.17, 15) is 13.2 Å². The van der Waals surface area contributed by atoms with Crippen LogP contribution in [-0.4, -0.2) is 14.4 Å². The average Bonchev–Trinajstić information content (AvgIpc) is 3.29. The Kier molecular flexibility index (Phi) is 3.23. The molecule has 2 aliphatic rings. The van der Waals surface area contributed by atoms with E-state index >= 15 is 0 Å². The predicted octanol–water partition coefficient (Wildman–Crippen LogP) is 3.90. The van der Waals surface area contributed by atoms with E-state index in [1.165, 1.54) is 6.20 Å². The smallest absolute Gasteiger partial charge is 0.399 e. The highest BCUT2D eigenvalue weighted by Crippen LogP contribution is 2.45. The Hall–Kier alpha value is -2.31. The molecule has 1 saturated carbocycles. The van der Waals surface area contributed by atoms with Gasteiger partial charge in [0.1, 0.15) is 0 Å². The maximum absolute atomic E-state index is 13.0. The Morgan fingerprint density at radius 3 is 2.67 bits per heavy atom. The molecule has 0 aliphatic heterocycles. The Bertz CT molecular complexity index is 872. The van der Waals surface area contributed by atoms with E-state index in [2.05, 4.69) is 9.97 Å². The topological polar surface area (TPSA) is 56.2 Å². The molecule has 4 nitrogen and oxygen atoms in total. The number of alkyl halides is 3. The molecule has 1 unspecified atom stereocenters. The SMILES string of the molecule is CC1=CC(c2c(C3CC3)nc3cnc(C(F)(F)F)cn23)CC=C1N. The lowest BCUT2D eigenvalue weighted by Gasteiger charge is -2.19. The van der Waals surface area contributed by atoms with Gasteiger partial charge in [-0.05, 0) is 31.8 Å². The molecule has 7 heteroatoms. The van der Waals surface area contributed by atoms with E-state index < -0.39 is 11.9 Å². The van der Waals surface area contributed by atoms with E-state index in [1.54, 1.807) is 4.40 Å². The van der Waals surface area contributed by atoms with Crippen LogP contribution in [0.5, 0.6) is 0 Å². The van der Waals surface area contributed by atoms with Crippen LogP contribution in [0.1, 0.15) is 55.1 Å². The van der Waals surface area contributed by atoms with Crippen LogP contribution in [0, 0.1) is 0 Å². The van der Waals surface area contributed by atoms with Gasteiger partial charge in [-0.25, -0.2) is 9.97 Å². The molecule has 2 aromatic rings. The fourth-order valence-corrected chi connectivity index (χ4v) is 3.23. The van der Waals surface area contributed by atoms with Crippen molar-refractivity contribution in [2.45, 2.75) is 44.2 Å². The van der Waals surface area contributed by atoms with Crippen LogP contribution in [0.4, 0.5) is 13.2 Å². The van der Waals surface area contributed by atoms with Crippen molar-refractivity contribution in [3.05, 3.63) is 52.9 Å². The zero-order valence-corrected chi connectivity index (χ0v) is 13.1. The first kappa shape index (κ1) is 15.2. The first-order valence-corrected chi connectivity index (χ1v) is 7.94. The summed E-state index contributed by atoms with van der Waals surface area (Å²) in [6, 6.07) is 0. The predicted molar refractivity (Wildman–Crippen MR) is 83.3 cm³/mol. The van der Waals surface area contributed by atoms with Crippen molar-refractivity contribution in [3.8, 4) is 0 Å². The second-order valence-corrected chi connectivity index (χ2v) is 6.51. The van der Waals surface area contributed by atoms with Crippen molar-refractivity contribution < 1.29 is 13.2 Å². The van der Waals surface area contributed by atoms with Crippen LogP contribution < -0.4 is 5.73 Å². The third kappa shape index (κ3) is 2.48. The third-order valence-electron chi connectivity index (χ3n) is 4.68. The van der Waals surface area contributed by atoms with Gasteiger partial charge in [-0.3, -0.25) is 4.40 Å². The molecule has 2 N–H and O–H groups in total. The van der Waals surface area contributed by atoms with Crippen molar-refractivity contribution in [3.63, 3.8) is 0 Å². The second kappa shape index (κ2) is 5.09. The quantitative estimate of drug-likeness (QED) is 0.906. The number of hydrogen-bond acceptors (Lipinski definition) is 3. The molecule has 24 heavy (non-hydrogen) atoms. The van der Waals surface area contributed by atoms with E-state index in [4.69, 9.17) is 5.73 Å². The lowest BCUT2D eigenvalue weighted by Crippen LogP contribution is -2.13. The number of fused-ring (bicyclic) bond motifs is 1. The number of aromatic nitrogens is 3. The Morgan fingerprint density at radius 1 is 1.29 bits per heavy atom. The minimum atomic E-state index is -4.47. The van der Waals surface area contributed by atoms with Crippen molar-refractivity contribution in [1.29, 1.82) is 0 Å². The first-order chi connectivity index (χ1) is 11.3. The van der Waals surface area contributed by atoms with Gasteiger partial charge in [-0.1, -0.05) is 12.2 Å². The number of nitrogens with two attached hydrogens (primary N) is 1. The van der Waals surface area contributed by atoms with Gasteiger partial charge in [0.15, 0.2) is 11.3 Å². The van der Waals surface area contributed by atoms with E-state index in [-0.39, 0.29) is 5.92 Å². The minimum Gasteiger partial charge on any atom is -0.399 e. The molecule has 4 rings (SSSR count). The van der Waals surface area contributed by atoms with Gasteiger partial charge in [0.25, 0.3) is 0 Å². The third-order valence-corrected chi connectivity index (χ3v) is 4.68. The fourth-order valence-electron chi connectivity index (χ4n) is 3.23. The number of nitrogens with zero attached hydrogens (tertiary/aromatic N) is 3. The number of imidazole rings is 1. The van der Waals surface area contributed by atoms with Crippen molar-refractivity contribution in [1.82, 2.24) is 14.4 Å². The summed E-state index contributed by atoms with van der Waals surface area (Å²) in [7, 11) is 0. The summed E-state index contributed by atoms with van der Waals surface area (Å²) in [5, 5.41) is 0. The zero-order chi connectivity index (χ0) is 17.1. The second-order valence-electron chi connectivity index (χ2n) is 6.51. The maximum atomic E-state index is 13.0. The van der Waals surface area contributed by atoms with Gasteiger partial charge < -0.3 is 5.73 Å². The molecule has 0 amide bonds. The van der Waals surface area contributed by atoms with E-state index in [1.807, 2.05) is 19.1 Å². The van der Waals surface area contributed by atoms with Gasteiger partial charge in [-0.15, -0.1) is 0 Å². The molecule has 2 heterocycles. The minimum absolute atomic E-state index is 0.0219. The van der Waals surface area contributed by atoms with Gasteiger partial charge in [-0.2, -0.15) is 13.2 Å². The largest absolute Gasteiger partial charge is 0.434 e. The van der Waals surface area contributed by atoms with E-state index in [0.717, 1.165) is 41.7 Å². The van der Waals surface area contributed by atoms with Gasteiger partial charge in [0.05, 0.1) is 17.6 Å². The van der Waals surface area contributed by atoms with Crippen LogP contribution in [0.2, 0.25) is 0 Å². The summed E-state index contributed by atoms with van der Waals surface area (Å²) in [5.41, 5.74) is 8.89. The Balaban J connectivity index is 1.90. The van der Waals surface area contributed by atoms with Crippen molar-refractivity contribution >= 4 is 5.65 Å². The molecule has 0 aromatic carbocycles. The molecule has 0 spiro atoms. The number of rotatable bonds is 2. The molecule has 1 atom stereocenters. The van der Waals surface area contributed by atoms with Crippen molar-refractivity contribution in [2.75, 3.05) is 0 Å².